The van der Waals surface area contributed by atoms with E-state index in [0.29, 0.717) is 6.04 Å². The van der Waals surface area contributed by atoms with Crippen LogP contribution < -0.4 is 5.32 Å². The molecule has 1 aromatic rings. The standard InChI is InChI=1S/C14H23ClN2/c1-4-9-16-10-11-17(3)12(2)13-5-7-14(15)8-6-13/h5-8,12,16H,4,9-11H2,1-3H3. The molecule has 96 valence electrons. The molecule has 0 spiro atoms. The van der Waals surface area contributed by atoms with Crippen molar-refractivity contribution in [1.29, 1.82) is 0 Å². The van der Waals surface area contributed by atoms with Crippen LogP contribution >= 0.6 is 11.6 Å². The second kappa shape index (κ2) is 7.70. The van der Waals surface area contributed by atoms with E-state index in [1.807, 2.05) is 12.1 Å². The third-order valence-electron chi connectivity index (χ3n) is 3.08. The molecule has 1 atom stereocenters. The Hall–Kier alpha value is -0.570. The fourth-order valence-electron chi connectivity index (χ4n) is 1.75. The van der Waals surface area contributed by atoms with Crippen LogP contribution in [0.2, 0.25) is 5.02 Å². The van der Waals surface area contributed by atoms with Gasteiger partial charge in [0.15, 0.2) is 0 Å². The van der Waals surface area contributed by atoms with Crippen molar-refractivity contribution in [2.45, 2.75) is 26.3 Å². The maximum absolute atomic E-state index is 5.89. The lowest BCUT2D eigenvalue weighted by molar-refractivity contribution is 0.261. The molecule has 17 heavy (non-hydrogen) atoms. The van der Waals surface area contributed by atoms with E-state index in [2.05, 4.69) is 43.2 Å². The van der Waals surface area contributed by atoms with Crippen LogP contribution in [-0.2, 0) is 0 Å². The highest BCUT2D eigenvalue weighted by Crippen LogP contribution is 2.20. The molecular weight excluding hydrogens is 232 g/mol. The van der Waals surface area contributed by atoms with Gasteiger partial charge in [-0.15, -0.1) is 0 Å². The minimum absolute atomic E-state index is 0.427. The molecule has 1 aromatic carbocycles. The quantitative estimate of drug-likeness (QED) is 0.751. The van der Waals surface area contributed by atoms with Crippen LogP contribution in [0, 0.1) is 0 Å². The van der Waals surface area contributed by atoms with Gasteiger partial charge in [0.1, 0.15) is 0 Å². The third kappa shape index (κ3) is 5.07. The zero-order chi connectivity index (χ0) is 12.7. The number of rotatable bonds is 7. The van der Waals surface area contributed by atoms with E-state index in [1.54, 1.807) is 0 Å². The van der Waals surface area contributed by atoms with Gasteiger partial charge in [-0.3, -0.25) is 4.90 Å². The maximum atomic E-state index is 5.89. The number of nitrogens with zero attached hydrogens (tertiary/aromatic N) is 1. The van der Waals surface area contributed by atoms with Gasteiger partial charge in [0.05, 0.1) is 0 Å². The van der Waals surface area contributed by atoms with Gasteiger partial charge in [-0.1, -0.05) is 30.7 Å². The van der Waals surface area contributed by atoms with Crippen LogP contribution in [0.3, 0.4) is 0 Å². The molecule has 0 aliphatic rings. The molecule has 0 amide bonds. The van der Waals surface area contributed by atoms with Crippen molar-refractivity contribution in [3.63, 3.8) is 0 Å². The van der Waals surface area contributed by atoms with E-state index in [-0.39, 0.29) is 0 Å². The van der Waals surface area contributed by atoms with E-state index in [9.17, 15) is 0 Å². The van der Waals surface area contributed by atoms with Crippen LogP contribution in [0.4, 0.5) is 0 Å². The molecule has 0 heterocycles. The van der Waals surface area contributed by atoms with Crippen molar-refractivity contribution in [2.24, 2.45) is 0 Å². The highest BCUT2D eigenvalue weighted by molar-refractivity contribution is 6.30. The molecule has 1 rings (SSSR count). The van der Waals surface area contributed by atoms with Crippen LogP contribution in [0.1, 0.15) is 31.9 Å². The van der Waals surface area contributed by atoms with Gasteiger partial charge < -0.3 is 5.32 Å². The first-order valence-electron chi connectivity index (χ1n) is 6.31. The van der Waals surface area contributed by atoms with Gasteiger partial charge in [0.2, 0.25) is 0 Å². The molecule has 2 nitrogen and oxygen atoms in total. The maximum Gasteiger partial charge on any atom is 0.0406 e. The van der Waals surface area contributed by atoms with E-state index in [0.717, 1.165) is 24.7 Å². The Morgan fingerprint density at radius 1 is 1.24 bits per heavy atom. The number of halogens is 1. The van der Waals surface area contributed by atoms with Crippen molar-refractivity contribution in [1.82, 2.24) is 10.2 Å². The Bertz CT molecular complexity index is 311. The Kier molecular flexibility index (Phi) is 6.56. The number of hydrogen-bond donors (Lipinski definition) is 1. The zero-order valence-corrected chi connectivity index (χ0v) is 11.8. The second-order valence-electron chi connectivity index (χ2n) is 4.46. The Labute approximate surface area is 110 Å². The molecule has 0 aliphatic carbocycles. The summed E-state index contributed by atoms with van der Waals surface area (Å²) in [6.45, 7) is 7.62. The van der Waals surface area contributed by atoms with Crippen molar-refractivity contribution >= 4 is 11.6 Å². The first-order chi connectivity index (χ1) is 8.15. The number of benzene rings is 1. The number of likely N-dealkylation sites (N-methyl/N-ethyl adjacent to an activating group) is 1. The predicted octanol–water partition coefficient (Wildman–Crippen LogP) is 3.33. The van der Waals surface area contributed by atoms with Gasteiger partial charge in [0.25, 0.3) is 0 Å². The van der Waals surface area contributed by atoms with Crippen LogP contribution in [0.15, 0.2) is 24.3 Å². The first kappa shape index (κ1) is 14.5. The summed E-state index contributed by atoms with van der Waals surface area (Å²) in [7, 11) is 2.16. The van der Waals surface area contributed by atoms with Gasteiger partial charge in [-0.05, 0) is 44.6 Å². The lowest BCUT2D eigenvalue weighted by Gasteiger charge is -2.25. The van der Waals surface area contributed by atoms with E-state index in [4.69, 9.17) is 11.6 Å². The molecule has 0 bridgehead atoms. The van der Waals surface area contributed by atoms with Crippen LogP contribution in [0.25, 0.3) is 0 Å². The summed E-state index contributed by atoms with van der Waals surface area (Å²) in [5.74, 6) is 0. The molecule has 0 aromatic heterocycles. The molecule has 3 heteroatoms. The summed E-state index contributed by atoms with van der Waals surface area (Å²) in [5.41, 5.74) is 1.31. The zero-order valence-electron chi connectivity index (χ0n) is 11.0. The monoisotopic (exact) mass is 254 g/mol. The number of hydrogen-bond acceptors (Lipinski definition) is 2. The minimum atomic E-state index is 0.427. The predicted molar refractivity (Wildman–Crippen MR) is 75.7 cm³/mol. The summed E-state index contributed by atoms with van der Waals surface area (Å²) in [6, 6.07) is 8.54. The Morgan fingerprint density at radius 2 is 1.88 bits per heavy atom. The molecule has 1 unspecified atom stereocenters. The molecule has 1 N–H and O–H groups in total. The first-order valence-corrected chi connectivity index (χ1v) is 6.69. The normalized spacial score (nSPS) is 13.0. The van der Waals surface area contributed by atoms with Crippen molar-refractivity contribution in [3.05, 3.63) is 34.9 Å². The molecular formula is C14H23ClN2. The molecule has 0 aliphatic heterocycles. The van der Waals surface area contributed by atoms with Crippen molar-refractivity contribution in [3.8, 4) is 0 Å². The average molecular weight is 255 g/mol. The average Bonchev–Trinajstić information content (AvgIpc) is 2.34. The Balaban J connectivity index is 2.40. The number of nitrogens with one attached hydrogen (secondary N) is 1. The molecule has 0 fully saturated rings. The topological polar surface area (TPSA) is 15.3 Å². The summed E-state index contributed by atoms with van der Waals surface area (Å²) >= 11 is 5.89. The van der Waals surface area contributed by atoms with Gasteiger partial charge >= 0.3 is 0 Å². The van der Waals surface area contributed by atoms with Crippen LogP contribution in [-0.4, -0.2) is 31.6 Å². The highest BCUT2D eigenvalue weighted by atomic mass is 35.5. The second-order valence-corrected chi connectivity index (χ2v) is 4.89. The lowest BCUT2D eigenvalue weighted by atomic mass is 10.1. The van der Waals surface area contributed by atoms with Crippen molar-refractivity contribution in [2.75, 3.05) is 26.7 Å². The molecule has 0 saturated carbocycles. The van der Waals surface area contributed by atoms with Gasteiger partial charge in [-0.2, -0.15) is 0 Å². The van der Waals surface area contributed by atoms with E-state index in [1.165, 1.54) is 12.0 Å². The van der Waals surface area contributed by atoms with Gasteiger partial charge in [-0.25, -0.2) is 0 Å². The summed E-state index contributed by atoms with van der Waals surface area (Å²) < 4.78 is 0. The largest absolute Gasteiger partial charge is 0.315 e. The molecule has 0 radical (unpaired) electrons. The molecule has 0 saturated heterocycles. The highest BCUT2D eigenvalue weighted by Gasteiger charge is 2.10. The fourth-order valence-corrected chi connectivity index (χ4v) is 1.87. The lowest BCUT2D eigenvalue weighted by Crippen LogP contribution is -2.31. The Morgan fingerprint density at radius 3 is 2.47 bits per heavy atom. The fraction of sp³-hybridized carbons (Fsp3) is 0.571. The SMILES string of the molecule is CCCNCCN(C)C(C)c1ccc(Cl)cc1. The van der Waals surface area contributed by atoms with E-state index >= 15 is 0 Å². The van der Waals surface area contributed by atoms with Crippen molar-refractivity contribution < 1.29 is 0 Å². The van der Waals surface area contributed by atoms with Crippen LogP contribution in [0.5, 0.6) is 0 Å². The minimum Gasteiger partial charge on any atom is -0.315 e. The smallest absolute Gasteiger partial charge is 0.0406 e. The summed E-state index contributed by atoms with van der Waals surface area (Å²) in [4.78, 5) is 2.35. The summed E-state index contributed by atoms with van der Waals surface area (Å²) in [6.07, 6.45) is 1.19. The van der Waals surface area contributed by atoms with Gasteiger partial charge in [0, 0.05) is 24.2 Å². The summed E-state index contributed by atoms with van der Waals surface area (Å²) in [5, 5.41) is 4.22. The van der Waals surface area contributed by atoms with E-state index < -0.39 is 0 Å². The third-order valence-corrected chi connectivity index (χ3v) is 3.33.